The van der Waals surface area contributed by atoms with Crippen molar-refractivity contribution >= 4 is 46.2 Å². The third-order valence-corrected chi connectivity index (χ3v) is 4.26. The van der Waals surface area contributed by atoms with Gasteiger partial charge in [-0.15, -0.1) is 11.3 Å². The van der Waals surface area contributed by atoms with E-state index in [-0.39, 0.29) is 27.2 Å². The van der Waals surface area contributed by atoms with Gasteiger partial charge in [0.1, 0.15) is 10.7 Å². The van der Waals surface area contributed by atoms with E-state index in [0.717, 1.165) is 11.3 Å². The van der Waals surface area contributed by atoms with Gasteiger partial charge in [0, 0.05) is 10.4 Å². The molecule has 0 spiro atoms. The van der Waals surface area contributed by atoms with Crippen LogP contribution in [-0.4, -0.2) is 12.6 Å². The second-order valence-electron chi connectivity index (χ2n) is 3.86. The van der Waals surface area contributed by atoms with Gasteiger partial charge in [0.2, 0.25) is 0 Å². The Hall–Kier alpha value is -1.30. The highest BCUT2D eigenvalue weighted by Crippen LogP contribution is 2.39. The molecule has 0 fully saturated rings. The number of hydrogen-bond donors (Lipinski definition) is 1. The normalized spacial score (nSPS) is 10.6. The number of anilines is 1. The number of ether oxygens (including phenoxy) is 1. The molecule has 0 amide bonds. The fourth-order valence-corrected chi connectivity index (χ4v) is 3.15. The maximum absolute atomic E-state index is 13.5. The molecule has 1 heterocycles. The Labute approximate surface area is 129 Å². The van der Waals surface area contributed by atoms with Gasteiger partial charge in [0.25, 0.3) is 0 Å². The second kappa shape index (κ2) is 5.99. The Balaban J connectivity index is 2.47. The molecule has 106 valence electrons. The third-order valence-electron chi connectivity index (χ3n) is 2.50. The third kappa shape index (κ3) is 2.90. The highest BCUT2D eigenvalue weighted by molar-refractivity contribution is 7.18. The number of benzene rings is 1. The summed E-state index contributed by atoms with van der Waals surface area (Å²) in [7, 11) is 0. The first-order valence-corrected chi connectivity index (χ1v) is 7.22. The first-order valence-electron chi connectivity index (χ1n) is 5.65. The maximum atomic E-state index is 13.5. The number of thiophene rings is 1. The smallest absolute Gasteiger partial charge is 0.350 e. The van der Waals surface area contributed by atoms with Crippen molar-refractivity contribution in [3.63, 3.8) is 0 Å². The van der Waals surface area contributed by atoms with Crippen LogP contribution in [0.1, 0.15) is 16.6 Å². The Bertz CT molecular complexity index is 673. The predicted molar refractivity (Wildman–Crippen MR) is 80.1 cm³/mol. The molecule has 1 aromatic heterocycles. The predicted octanol–water partition coefficient (Wildman–Crippen LogP) is 4.62. The fraction of sp³-hybridized carbons (Fsp3) is 0.154. The molecule has 2 rings (SSSR count). The van der Waals surface area contributed by atoms with Gasteiger partial charge in [0.15, 0.2) is 0 Å². The minimum Gasteiger partial charge on any atom is -0.462 e. The lowest BCUT2D eigenvalue weighted by atomic mass is 10.2. The Morgan fingerprint density at radius 3 is 2.70 bits per heavy atom. The summed E-state index contributed by atoms with van der Waals surface area (Å²) >= 11 is 12.8. The number of esters is 1. The molecular formula is C13H10Cl2FNO2S. The van der Waals surface area contributed by atoms with Crippen LogP contribution in [0.25, 0.3) is 10.4 Å². The van der Waals surface area contributed by atoms with E-state index in [9.17, 15) is 9.18 Å². The average molecular weight is 334 g/mol. The molecule has 0 atom stereocenters. The fourth-order valence-electron chi connectivity index (χ4n) is 1.61. The van der Waals surface area contributed by atoms with Gasteiger partial charge >= 0.3 is 5.97 Å². The van der Waals surface area contributed by atoms with Gasteiger partial charge in [-0.1, -0.05) is 23.2 Å². The van der Waals surface area contributed by atoms with Crippen LogP contribution in [-0.2, 0) is 4.74 Å². The van der Waals surface area contributed by atoms with E-state index >= 15 is 0 Å². The molecule has 7 heteroatoms. The van der Waals surface area contributed by atoms with E-state index in [2.05, 4.69) is 0 Å². The monoisotopic (exact) mass is 333 g/mol. The molecule has 0 radical (unpaired) electrons. The van der Waals surface area contributed by atoms with Crippen LogP contribution in [0.2, 0.25) is 10.0 Å². The van der Waals surface area contributed by atoms with Crippen molar-refractivity contribution in [1.82, 2.24) is 0 Å². The van der Waals surface area contributed by atoms with Crippen LogP contribution in [0.4, 0.5) is 10.1 Å². The van der Waals surface area contributed by atoms with Crippen molar-refractivity contribution in [3.05, 3.63) is 38.9 Å². The minimum atomic E-state index is -0.587. The zero-order valence-corrected chi connectivity index (χ0v) is 12.7. The van der Waals surface area contributed by atoms with E-state index in [1.807, 2.05) is 0 Å². The van der Waals surface area contributed by atoms with Crippen LogP contribution in [0.5, 0.6) is 0 Å². The van der Waals surface area contributed by atoms with E-state index in [1.165, 1.54) is 12.1 Å². The first kappa shape index (κ1) is 15.1. The summed E-state index contributed by atoms with van der Waals surface area (Å²) in [6.45, 7) is 1.95. The summed E-state index contributed by atoms with van der Waals surface area (Å²) in [5.74, 6) is -1.09. The van der Waals surface area contributed by atoms with Gasteiger partial charge in [-0.3, -0.25) is 0 Å². The lowest BCUT2D eigenvalue weighted by Crippen LogP contribution is -2.04. The summed E-state index contributed by atoms with van der Waals surface area (Å²) in [4.78, 5) is 12.5. The number of hydrogen-bond acceptors (Lipinski definition) is 4. The van der Waals surface area contributed by atoms with E-state index < -0.39 is 11.8 Å². The number of nitrogens with two attached hydrogens (primary N) is 1. The van der Waals surface area contributed by atoms with Crippen molar-refractivity contribution in [2.75, 3.05) is 12.3 Å². The molecule has 0 aliphatic heterocycles. The van der Waals surface area contributed by atoms with Crippen LogP contribution in [0.3, 0.4) is 0 Å². The van der Waals surface area contributed by atoms with Crippen LogP contribution in [0.15, 0.2) is 18.2 Å². The average Bonchev–Trinajstić information content (AvgIpc) is 2.76. The van der Waals surface area contributed by atoms with Crippen molar-refractivity contribution in [2.24, 2.45) is 0 Å². The Morgan fingerprint density at radius 1 is 1.35 bits per heavy atom. The van der Waals surface area contributed by atoms with E-state index in [4.69, 9.17) is 33.7 Å². The molecular weight excluding hydrogens is 324 g/mol. The second-order valence-corrected chi connectivity index (χ2v) is 5.73. The van der Waals surface area contributed by atoms with Gasteiger partial charge in [-0.25, -0.2) is 9.18 Å². The zero-order valence-electron chi connectivity index (χ0n) is 10.4. The van der Waals surface area contributed by atoms with Crippen molar-refractivity contribution in [3.8, 4) is 10.4 Å². The molecule has 0 saturated heterocycles. The van der Waals surface area contributed by atoms with E-state index in [0.29, 0.717) is 10.4 Å². The van der Waals surface area contributed by atoms with Crippen molar-refractivity contribution < 1.29 is 13.9 Å². The Kier molecular flexibility index (Phi) is 4.52. The summed E-state index contributed by atoms with van der Waals surface area (Å²) in [6, 6.07) is 4.09. The molecule has 0 saturated carbocycles. The van der Waals surface area contributed by atoms with Crippen molar-refractivity contribution in [1.29, 1.82) is 0 Å². The van der Waals surface area contributed by atoms with Crippen LogP contribution in [0, 0.1) is 5.82 Å². The van der Waals surface area contributed by atoms with Gasteiger partial charge in [-0.05, 0) is 25.1 Å². The topological polar surface area (TPSA) is 52.3 Å². The molecule has 20 heavy (non-hydrogen) atoms. The van der Waals surface area contributed by atoms with Crippen LogP contribution >= 0.6 is 34.5 Å². The first-order chi connectivity index (χ1) is 9.43. The molecule has 0 aliphatic carbocycles. The quantitative estimate of drug-likeness (QED) is 0.658. The summed E-state index contributed by atoms with van der Waals surface area (Å²) < 4.78 is 18.4. The maximum Gasteiger partial charge on any atom is 0.350 e. The van der Waals surface area contributed by atoms with Gasteiger partial charge in [0.05, 0.1) is 22.3 Å². The highest BCUT2D eigenvalue weighted by atomic mass is 35.5. The molecule has 2 aromatic rings. The summed E-state index contributed by atoms with van der Waals surface area (Å²) in [5, 5.41) is 0.224. The zero-order chi connectivity index (χ0) is 14.9. The van der Waals surface area contributed by atoms with E-state index in [1.54, 1.807) is 13.0 Å². The molecule has 0 aliphatic rings. The Morgan fingerprint density at radius 2 is 2.05 bits per heavy atom. The van der Waals surface area contributed by atoms with Gasteiger partial charge < -0.3 is 10.5 Å². The standard InChI is InChI=1S/C13H10Cl2FNO2S/c1-2-19-13(18)12-10(17)5-11(20-12)6-3-9(16)8(15)4-7(6)14/h3-5H,2,17H2,1H3. The van der Waals surface area contributed by atoms with Crippen molar-refractivity contribution in [2.45, 2.75) is 6.92 Å². The SMILES string of the molecule is CCOC(=O)c1sc(-c2cc(F)c(Cl)cc2Cl)cc1N. The molecule has 2 N–H and O–H groups in total. The number of nitrogen functional groups attached to an aromatic ring is 1. The number of halogens is 3. The summed E-state index contributed by atoms with van der Waals surface area (Å²) in [6.07, 6.45) is 0. The molecule has 0 bridgehead atoms. The molecule has 0 unspecified atom stereocenters. The van der Waals surface area contributed by atoms with Crippen LogP contribution < -0.4 is 5.73 Å². The number of rotatable bonds is 3. The lowest BCUT2D eigenvalue weighted by molar-refractivity contribution is 0.0533. The number of carbonyl (C=O) groups excluding carboxylic acids is 1. The summed E-state index contributed by atoms with van der Waals surface area (Å²) in [5.41, 5.74) is 6.48. The highest BCUT2D eigenvalue weighted by Gasteiger charge is 2.18. The minimum absolute atomic E-state index is 0.0612. The lowest BCUT2D eigenvalue weighted by Gasteiger charge is -2.03. The number of carbonyl (C=O) groups is 1. The largest absolute Gasteiger partial charge is 0.462 e. The van der Waals surface area contributed by atoms with Gasteiger partial charge in [-0.2, -0.15) is 0 Å². The molecule has 1 aromatic carbocycles. The molecule has 3 nitrogen and oxygen atoms in total.